The maximum Gasteiger partial charge on any atom is 0.230 e. The van der Waals surface area contributed by atoms with Gasteiger partial charge in [-0.3, -0.25) is 14.9 Å². The molecule has 4 heterocycles. The molecule has 0 aromatic carbocycles. The molecule has 0 radical (unpaired) electrons. The lowest BCUT2D eigenvalue weighted by Crippen LogP contribution is -2.36. The maximum absolute atomic E-state index is 8.19. The van der Waals surface area contributed by atoms with Crippen LogP contribution >= 0.6 is 0 Å². The monoisotopic (exact) mass is 364 g/mol. The van der Waals surface area contributed by atoms with Crippen LogP contribution < -0.4 is 11.4 Å². The molecular weight excluding hydrogens is 344 g/mol. The van der Waals surface area contributed by atoms with Crippen molar-refractivity contribution in [3.05, 3.63) is 35.5 Å². The molecule has 0 aliphatic carbocycles. The van der Waals surface area contributed by atoms with E-state index in [4.69, 9.17) is 15.9 Å². The van der Waals surface area contributed by atoms with Gasteiger partial charge in [-0.1, -0.05) is 5.92 Å². The summed E-state index contributed by atoms with van der Waals surface area (Å²) in [5, 5.41) is 8.19. The van der Waals surface area contributed by atoms with Crippen molar-refractivity contribution in [2.24, 2.45) is 0 Å². The van der Waals surface area contributed by atoms with Gasteiger partial charge < -0.3 is 15.5 Å². The number of fused-ring (bicyclic) bond motifs is 1. The number of aromatic amines is 1. The number of hydrogen-bond acceptors (Lipinski definition) is 7. The molecule has 4 rings (SSSR count). The van der Waals surface area contributed by atoms with Crippen molar-refractivity contribution in [1.29, 1.82) is 5.41 Å². The quantitative estimate of drug-likeness (QED) is 0.558. The third-order valence-corrected chi connectivity index (χ3v) is 4.45. The fourth-order valence-electron chi connectivity index (χ4n) is 3.05. The van der Waals surface area contributed by atoms with Gasteiger partial charge in [-0.25, -0.2) is 9.97 Å². The Labute approximate surface area is 155 Å². The molecular formula is C18H20N8O. The predicted octanol–water partition coefficient (Wildman–Crippen LogP) is 0.197. The normalized spacial score (nSPS) is 14.9. The van der Waals surface area contributed by atoms with Crippen LogP contribution in [0.4, 0.5) is 5.82 Å². The largest absolute Gasteiger partial charge is 0.382 e. The van der Waals surface area contributed by atoms with E-state index in [9.17, 15) is 0 Å². The van der Waals surface area contributed by atoms with Crippen molar-refractivity contribution in [3.8, 4) is 17.5 Å². The Morgan fingerprint density at radius 2 is 2.11 bits per heavy atom. The minimum Gasteiger partial charge on any atom is -0.382 e. The van der Waals surface area contributed by atoms with E-state index in [-0.39, 0.29) is 11.4 Å². The van der Waals surface area contributed by atoms with Gasteiger partial charge in [0.25, 0.3) is 0 Å². The summed E-state index contributed by atoms with van der Waals surface area (Å²) < 4.78 is 6.96. The molecule has 138 valence electrons. The molecule has 9 heteroatoms. The summed E-state index contributed by atoms with van der Waals surface area (Å²) in [7, 11) is 0. The van der Waals surface area contributed by atoms with Crippen LogP contribution in [0.15, 0.2) is 18.5 Å². The number of anilines is 1. The number of nitrogen functional groups attached to an aromatic ring is 1. The number of ether oxygens (including phenoxy) is 1. The Morgan fingerprint density at radius 3 is 2.89 bits per heavy atom. The molecule has 1 fully saturated rings. The Bertz CT molecular complexity index is 1100. The summed E-state index contributed by atoms with van der Waals surface area (Å²) in [5.74, 6) is 6.53. The summed E-state index contributed by atoms with van der Waals surface area (Å²) in [6.07, 6.45) is 1.53. The standard InChI is InChI=1S/C18H20N8O/c1-12-14(26-17-15(21-11-22-17)16(19)24-18(26)20)5-4-13(23-12)3-2-6-25-7-9-27-10-8-25/h4-5,11H,6-10H2,1H3,(H,21,22)(H3,19,20,24). The first-order chi connectivity index (χ1) is 13.1. The zero-order valence-electron chi connectivity index (χ0n) is 15.0. The van der Waals surface area contributed by atoms with Crippen LogP contribution in [0.25, 0.3) is 16.9 Å². The first kappa shape index (κ1) is 17.2. The second-order valence-corrected chi connectivity index (χ2v) is 6.25. The van der Waals surface area contributed by atoms with Crippen LogP contribution in [0.1, 0.15) is 11.4 Å². The number of H-pyrrole nitrogens is 1. The third kappa shape index (κ3) is 3.40. The molecule has 27 heavy (non-hydrogen) atoms. The fourth-order valence-corrected chi connectivity index (χ4v) is 3.05. The summed E-state index contributed by atoms with van der Waals surface area (Å²) in [6.45, 7) is 5.92. The van der Waals surface area contributed by atoms with E-state index in [1.807, 2.05) is 19.1 Å². The first-order valence-electron chi connectivity index (χ1n) is 8.66. The fraction of sp³-hybridized carbons (Fsp3) is 0.333. The van der Waals surface area contributed by atoms with E-state index in [0.717, 1.165) is 37.7 Å². The van der Waals surface area contributed by atoms with Gasteiger partial charge in [-0.15, -0.1) is 0 Å². The first-order valence-corrected chi connectivity index (χ1v) is 8.66. The number of aromatic nitrogens is 5. The maximum atomic E-state index is 8.19. The molecule has 0 bridgehead atoms. The lowest BCUT2D eigenvalue weighted by molar-refractivity contribution is 0.0443. The van der Waals surface area contributed by atoms with Crippen molar-refractivity contribution >= 4 is 17.0 Å². The van der Waals surface area contributed by atoms with E-state index in [2.05, 4.69) is 36.7 Å². The van der Waals surface area contributed by atoms with Gasteiger partial charge >= 0.3 is 0 Å². The third-order valence-electron chi connectivity index (χ3n) is 4.45. The highest BCUT2D eigenvalue weighted by Gasteiger charge is 2.13. The summed E-state index contributed by atoms with van der Waals surface area (Å²) >= 11 is 0. The summed E-state index contributed by atoms with van der Waals surface area (Å²) in [6, 6.07) is 3.72. The number of aryl methyl sites for hydroxylation is 1. The molecule has 1 saturated heterocycles. The molecule has 0 amide bonds. The van der Waals surface area contributed by atoms with Crippen LogP contribution in [-0.2, 0) is 4.74 Å². The van der Waals surface area contributed by atoms with Gasteiger partial charge in [0.1, 0.15) is 11.2 Å². The molecule has 0 spiro atoms. The van der Waals surface area contributed by atoms with Crippen LogP contribution in [-0.4, -0.2) is 62.3 Å². The number of pyridine rings is 1. The smallest absolute Gasteiger partial charge is 0.230 e. The molecule has 3 aromatic heterocycles. The van der Waals surface area contributed by atoms with E-state index in [1.54, 1.807) is 4.57 Å². The molecule has 3 aromatic rings. The molecule has 9 nitrogen and oxygen atoms in total. The number of hydrogen-bond donors (Lipinski definition) is 3. The molecule has 1 aliphatic heterocycles. The van der Waals surface area contributed by atoms with Crippen LogP contribution in [0.5, 0.6) is 0 Å². The van der Waals surface area contributed by atoms with Crippen molar-refractivity contribution < 1.29 is 4.74 Å². The van der Waals surface area contributed by atoms with E-state index < -0.39 is 0 Å². The Balaban J connectivity index is 1.63. The van der Waals surface area contributed by atoms with Gasteiger partial charge in [-0.2, -0.15) is 4.98 Å². The lowest BCUT2D eigenvalue weighted by Gasteiger charge is -2.24. The molecule has 0 saturated carbocycles. The van der Waals surface area contributed by atoms with Gasteiger partial charge in [0.15, 0.2) is 11.5 Å². The molecule has 0 unspecified atom stereocenters. The average molecular weight is 364 g/mol. The SMILES string of the molecule is Cc1nc(C#CCN2CCOCC2)ccc1-n1c(=N)nc(N)c2[nH]cnc21. The minimum absolute atomic E-state index is 0.00292. The zero-order valence-corrected chi connectivity index (χ0v) is 15.0. The Kier molecular flexibility index (Phi) is 4.58. The average Bonchev–Trinajstić information content (AvgIpc) is 3.14. The number of nitrogens with zero attached hydrogens (tertiary/aromatic N) is 5. The van der Waals surface area contributed by atoms with E-state index >= 15 is 0 Å². The topological polar surface area (TPSA) is 122 Å². The van der Waals surface area contributed by atoms with Gasteiger partial charge in [-0.05, 0) is 25.0 Å². The van der Waals surface area contributed by atoms with Crippen molar-refractivity contribution in [2.75, 3.05) is 38.6 Å². The molecule has 1 aliphatic rings. The van der Waals surface area contributed by atoms with Crippen molar-refractivity contribution in [3.63, 3.8) is 0 Å². The Morgan fingerprint density at radius 1 is 1.30 bits per heavy atom. The highest BCUT2D eigenvalue weighted by Crippen LogP contribution is 2.18. The number of nitrogens with one attached hydrogen (secondary N) is 2. The van der Waals surface area contributed by atoms with E-state index in [0.29, 0.717) is 23.4 Å². The highest BCUT2D eigenvalue weighted by molar-refractivity contribution is 5.82. The molecule has 0 atom stereocenters. The second-order valence-electron chi connectivity index (χ2n) is 6.25. The van der Waals surface area contributed by atoms with Crippen molar-refractivity contribution in [2.45, 2.75) is 6.92 Å². The number of nitrogens with two attached hydrogens (primary N) is 1. The summed E-state index contributed by atoms with van der Waals surface area (Å²) in [5.41, 5.74) is 9.17. The van der Waals surface area contributed by atoms with Crippen LogP contribution in [0.3, 0.4) is 0 Å². The van der Waals surface area contributed by atoms with Gasteiger partial charge in [0.2, 0.25) is 5.62 Å². The van der Waals surface area contributed by atoms with Crippen LogP contribution in [0.2, 0.25) is 0 Å². The predicted molar refractivity (Wildman–Crippen MR) is 100 cm³/mol. The summed E-state index contributed by atoms with van der Waals surface area (Å²) in [4.78, 5) is 18.1. The number of rotatable bonds is 2. The number of morpholine rings is 1. The molecule has 4 N–H and O–H groups in total. The second kappa shape index (κ2) is 7.19. The van der Waals surface area contributed by atoms with Crippen molar-refractivity contribution in [1.82, 2.24) is 29.4 Å². The minimum atomic E-state index is 0.00292. The number of imidazole rings is 1. The zero-order chi connectivity index (χ0) is 18.8. The van der Waals surface area contributed by atoms with Crippen LogP contribution in [0, 0.1) is 24.2 Å². The van der Waals surface area contributed by atoms with E-state index in [1.165, 1.54) is 6.33 Å². The van der Waals surface area contributed by atoms with Gasteiger partial charge in [0.05, 0.1) is 37.5 Å². The highest BCUT2D eigenvalue weighted by atomic mass is 16.5. The lowest BCUT2D eigenvalue weighted by atomic mass is 10.2. The van der Waals surface area contributed by atoms with Gasteiger partial charge in [0, 0.05) is 13.1 Å². The Hall–Kier alpha value is -3.22.